The van der Waals surface area contributed by atoms with Gasteiger partial charge in [-0.1, -0.05) is 11.6 Å². The van der Waals surface area contributed by atoms with Crippen LogP contribution in [0.1, 0.15) is 30.9 Å². The molecule has 0 amide bonds. The Morgan fingerprint density at radius 2 is 2.06 bits per heavy atom. The van der Waals surface area contributed by atoms with E-state index in [9.17, 15) is 8.78 Å². The Bertz CT molecular complexity index is 473. The van der Waals surface area contributed by atoms with Gasteiger partial charge in [-0.2, -0.15) is 0 Å². The summed E-state index contributed by atoms with van der Waals surface area (Å²) in [4.78, 5) is 0. The zero-order valence-corrected chi connectivity index (χ0v) is 11.2. The average molecular weight is 276 g/mol. The maximum Gasteiger partial charge on any atom is 0.166 e. The monoisotopic (exact) mass is 275 g/mol. The standard InChI is InChI=1S/C13H16ClF2NO/c1-7(17)13(3-4-13)9-5-10(14)8(6-18-2)11(15)12(9)16/h5,7H,3-4,6,17H2,1-2H3. The second-order valence-corrected chi connectivity index (χ2v) is 5.30. The first-order valence-electron chi connectivity index (χ1n) is 5.85. The molecule has 1 atom stereocenters. The van der Waals surface area contributed by atoms with Crippen LogP contribution in [0.3, 0.4) is 0 Å². The molecule has 1 fully saturated rings. The highest BCUT2D eigenvalue weighted by Gasteiger charge is 2.49. The van der Waals surface area contributed by atoms with Crippen molar-refractivity contribution >= 4 is 11.6 Å². The predicted octanol–water partition coefficient (Wildman–Crippen LogP) is 3.14. The first-order chi connectivity index (χ1) is 8.44. The van der Waals surface area contributed by atoms with Crippen molar-refractivity contribution in [3.63, 3.8) is 0 Å². The van der Waals surface area contributed by atoms with E-state index in [4.69, 9.17) is 22.1 Å². The molecule has 2 rings (SSSR count). The Balaban J connectivity index is 2.52. The second kappa shape index (κ2) is 4.76. The molecule has 5 heteroatoms. The summed E-state index contributed by atoms with van der Waals surface area (Å²) in [5.74, 6) is -1.77. The lowest BCUT2D eigenvalue weighted by atomic mass is 9.88. The van der Waals surface area contributed by atoms with Crippen LogP contribution in [0, 0.1) is 11.6 Å². The number of rotatable bonds is 4. The Morgan fingerprint density at radius 1 is 1.44 bits per heavy atom. The molecule has 100 valence electrons. The van der Waals surface area contributed by atoms with E-state index < -0.39 is 17.0 Å². The zero-order chi connectivity index (χ0) is 13.5. The third kappa shape index (κ3) is 2.02. The summed E-state index contributed by atoms with van der Waals surface area (Å²) in [5, 5.41) is 0.192. The average Bonchev–Trinajstić information content (AvgIpc) is 3.10. The molecule has 0 bridgehead atoms. The Hall–Kier alpha value is -0.710. The summed E-state index contributed by atoms with van der Waals surface area (Å²) in [6.45, 7) is 1.76. The van der Waals surface area contributed by atoms with Crippen molar-refractivity contribution < 1.29 is 13.5 Å². The van der Waals surface area contributed by atoms with Crippen molar-refractivity contribution in [3.8, 4) is 0 Å². The van der Waals surface area contributed by atoms with Crippen LogP contribution in [0.15, 0.2) is 6.07 Å². The van der Waals surface area contributed by atoms with Crippen LogP contribution in [0.2, 0.25) is 5.02 Å². The van der Waals surface area contributed by atoms with Crippen molar-refractivity contribution in [3.05, 3.63) is 33.9 Å². The third-order valence-electron chi connectivity index (χ3n) is 3.74. The van der Waals surface area contributed by atoms with Gasteiger partial charge in [0.25, 0.3) is 0 Å². The fraction of sp³-hybridized carbons (Fsp3) is 0.538. The van der Waals surface area contributed by atoms with Crippen molar-refractivity contribution in [1.29, 1.82) is 0 Å². The molecular weight excluding hydrogens is 260 g/mol. The Kier molecular flexibility index (Phi) is 3.63. The number of hydrogen-bond donors (Lipinski definition) is 1. The first kappa shape index (κ1) is 13.7. The molecule has 0 aliphatic heterocycles. The maximum atomic E-state index is 14.1. The van der Waals surface area contributed by atoms with Gasteiger partial charge in [0.15, 0.2) is 11.6 Å². The van der Waals surface area contributed by atoms with E-state index in [1.807, 2.05) is 0 Å². The van der Waals surface area contributed by atoms with E-state index in [-0.39, 0.29) is 23.2 Å². The molecule has 0 spiro atoms. The molecule has 0 aromatic heterocycles. The van der Waals surface area contributed by atoms with Crippen LogP contribution in [0.4, 0.5) is 8.78 Å². The van der Waals surface area contributed by atoms with Crippen LogP contribution < -0.4 is 5.73 Å². The number of hydrogen-bond acceptors (Lipinski definition) is 2. The van der Waals surface area contributed by atoms with E-state index in [0.717, 1.165) is 12.8 Å². The van der Waals surface area contributed by atoms with E-state index in [0.29, 0.717) is 5.56 Å². The number of ether oxygens (including phenoxy) is 1. The molecule has 1 aliphatic rings. The minimum atomic E-state index is -0.925. The summed E-state index contributed by atoms with van der Waals surface area (Å²) in [5.41, 5.74) is 5.76. The molecule has 1 aliphatic carbocycles. The largest absolute Gasteiger partial charge is 0.380 e. The predicted molar refractivity (Wildman–Crippen MR) is 66.6 cm³/mol. The topological polar surface area (TPSA) is 35.2 Å². The van der Waals surface area contributed by atoms with E-state index in [1.54, 1.807) is 6.92 Å². The summed E-state index contributed by atoms with van der Waals surface area (Å²) in [6.07, 6.45) is 1.53. The molecular formula is C13H16ClF2NO. The minimum Gasteiger partial charge on any atom is -0.380 e. The molecule has 2 nitrogen and oxygen atoms in total. The molecule has 2 N–H and O–H groups in total. The van der Waals surface area contributed by atoms with Crippen LogP contribution in [-0.2, 0) is 16.8 Å². The molecule has 0 heterocycles. The van der Waals surface area contributed by atoms with Crippen LogP contribution >= 0.6 is 11.6 Å². The molecule has 18 heavy (non-hydrogen) atoms. The maximum absolute atomic E-state index is 14.1. The third-order valence-corrected chi connectivity index (χ3v) is 4.08. The van der Waals surface area contributed by atoms with Crippen LogP contribution in [0.25, 0.3) is 0 Å². The first-order valence-corrected chi connectivity index (χ1v) is 6.23. The molecule has 1 unspecified atom stereocenters. The lowest BCUT2D eigenvalue weighted by molar-refractivity contribution is 0.180. The van der Waals surface area contributed by atoms with Crippen molar-refractivity contribution in [1.82, 2.24) is 0 Å². The van der Waals surface area contributed by atoms with Gasteiger partial charge in [0.05, 0.1) is 6.61 Å². The lowest BCUT2D eigenvalue weighted by Gasteiger charge is -2.22. The highest BCUT2D eigenvalue weighted by atomic mass is 35.5. The van der Waals surface area contributed by atoms with Gasteiger partial charge in [-0.3, -0.25) is 0 Å². The molecule has 1 aromatic carbocycles. The summed E-state index contributed by atoms with van der Waals surface area (Å²) in [7, 11) is 1.41. The van der Waals surface area contributed by atoms with Gasteiger partial charge in [-0.05, 0) is 25.8 Å². The highest BCUT2D eigenvalue weighted by molar-refractivity contribution is 6.31. The van der Waals surface area contributed by atoms with Gasteiger partial charge in [-0.25, -0.2) is 8.78 Å². The number of nitrogens with two attached hydrogens (primary N) is 1. The van der Waals surface area contributed by atoms with Crippen LogP contribution in [0.5, 0.6) is 0 Å². The van der Waals surface area contributed by atoms with Crippen LogP contribution in [-0.4, -0.2) is 13.2 Å². The van der Waals surface area contributed by atoms with Gasteiger partial charge >= 0.3 is 0 Å². The van der Waals surface area contributed by atoms with Gasteiger partial charge in [-0.15, -0.1) is 0 Å². The van der Waals surface area contributed by atoms with Crippen molar-refractivity contribution in [2.45, 2.75) is 37.8 Å². The molecule has 1 aromatic rings. The number of benzene rings is 1. The van der Waals surface area contributed by atoms with E-state index in [1.165, 1.54) is 13.2 Å². The molecule has 0 radical (unpaired) electrons. The highest BCUT2D eigenvalue weighted by Crippen LogP contribution is 2.52. The summed E-state index contributed by atoms with van der Waals surface area (Å²) < 4.78 is 32.9. The van der Waals surface area contributed by atoms with Gasteiger partial charge in [0, 0.05) is 34.7 Å². The zero-order valence-electron chi connectivity index (χ0n) is 10.4. The fourth-order valence-corrected chi connectivity index (χ4v) is 2.62. The number of halogens is 3. The van der Waals surface area contributed by atoms with Gasteiger partial charge < -0.3 is 10.5 Å². The van der Waals surface area contributed by atoms with E-state index >= 15 is 0 Å². The Morgan fingerprint density at radius 3 is 2.50 bits per heavy atom. The second-order valence-electron chi connectivity index (χ2n) is 4.89. The van der Waals surface area contributed by atoms with Crippen molar-refractivity contribution in [2.24, 2.45) is 5.73 Å². The normalized spacial score (nSPS) is 18.8. The van der Waals surface area contributed by atoms with Gasteiger partial charge in [0.2, 0.25) is 0 Å². The Labute approximate surface area is 110 Å². The minimum absolute atomic E-state index is 0.0486. The summed E-state index contributed by atoms with van der Waals surface area (Å²) in [6, 6.07) is 1.26. The van der Waals surface area contributed by atoms with E-state index in [2.05, 4.69) is 0 Å². The van der Waals surface area contributed by atoms with Gasteiger partial charge in [0.1, 0.15) is 0 Å². The SMILES string of the molecule is COCc1c(Cl)cc(C2(C(C)N)CC2)c(F)c1F. The lowest BCUT2D eigenvalue weighted by Crippen LogP contribution is -2.32. The molecule has 0 saturated heterocycles. The summed E-state index contributed by atoms with van der Waals surface area (Å²) >= 11 is 6.00. The smallest absolute Gasteiger partial charge is 0.166 e. The fourth-order valence-electron chi connectivity index (χ4n) is 2.38. The quantitative estimate of drug-likeness (QED) is 0.857. The molecule has 1 saturated carbocycles. The van der Waals surface area contributed by atoms with Crippen molar-refractivity contribution in [2.75, 3.05) is 7.11 Å². The number of methoxy groups -OCH3 is 1.